The minimum atomic E-state index is -0.305. The van der Waals surface area contributed by atoms with Crippen LogP contribution in [-0.2, 0) is 9.53 Å². The van der Waals surface area contributed by atoms with Crippen molar-refractivity contribution in [2.75, 3.05) is 18.6 Å². The van der Waals surface area contributed by atoms with E-state index < -0.39 is 0 Å². The number of hydrogen-bond acceptors (Lipinski definition) is 7. The summed E-state index contributed by atoms with van der Waals surface area (Å²) in [6.45, 7) is 6.60. The first-order chi connectivity index (χ1) is 18.3. The lowest BCUT2D eigenvalue weighted by atomic mass is 9.72. The Morgan fingerprint density at radius 3 is 2.68 bits per heavy atom. The molecule has 1 aliphatic heterocycles. The quantitative estimate of drug-likeness (QED) is 0.494. The normalized spacial score (nSPS) is 26.6. The molecule has 4 unspecified atom stereocenters. The van der Waals surface area contributed by atoms with E-state index in [4.69, 9.17) is 16.3 Å². The van der Waals surface area contributed by atoms with Crippen LogP contribution in [0.4, 0.5) is 5.82 Å². The van der Waals surface area contributed by atoms with Crippen LogP contribution in [0.1, 0.15) is 64.6 Å². The van der Waals surface area contributed by atoms with Crippen LogP contribution in [0.5, 0.6) is 0 Å². The predicted octanol–water partition coefficient (Wildman–Crippen LogP) is 3.23. The largest absolute Gasteiger partial charge is 0.379 e. The zero-order valence-corrected chi connectivity index (χ0v) is 22.5. The molecule has 2 saturated carbocycles. The number of piperidine rings is 1. The van der Waals surface area contributed by atoms with Crippen molar-refractivity contribution in [2.45, 2.75) is 57.7 Å². The molecule has 0 bridgehead atoms. The summed E-state index contributed by atoms with van der Waals surface area (Å²) in [6, 6.07) is 7.29. The standard InChI is InChI=1S/C27H30ClN7O3/c1-13-14(2)25(34-11-17-9-20(17)27(34)37)32-31-23(13)15(3)35-12-22(30-33-35)26(36)29-21-10-19(24(21)38-4)16-6-5-7-18(28)8-16/h5-8,12,15,17,19-21,24H,9-11H2,1-4H3,(H,29,36)/t15?,17-,19?,20-,21?,24?/m1/s1. The Hall–Kier alpha value is -3.37. The molecule has 2 aromatic heterocycles. The maximum atomic E-state index is 13.0. The predicted molar refractivity (Wildman–Crippen MR) is 140 cm³/mol. The number of fused-ring (bicyclic) bond motifs is 1. The van der Waals surface area contributed by atoms with E-state index in [-0.39, 0.29) is 47.5 Å². The van der Waals surface area contributed by atoms with Gasteiger partial charge in [0.2, 0.25) is 5.91 Å². The van der Waals surface area contributed by atoms with Gasteiger partial charge >= 0.3 is 0 Å². The average molecular weight is 536 g/mol. The van der Waals surface area contributed by atoms with E-state index in [2.05, 4.69) is 25.8 Å². The van der Waals surface area contributed by atoms with Crippen LogP contribution in [0.25, 0.3) is 0 Å². The second kappa shape index (κ2) is 9.43. The van der Waals surface area contributed by atoms with Gasteiger partial charge in [-0.05, 0) is 68.4 Å². The van der Waals surface area contributed by atoms with E-state index in [0.29, 0.717) is 16.8 Å². The van der Waals surface area contributed by atoms with Crippen molar-refractivity contribution in [3.8, 4) is 0 Å². The maximum Gasteiger partial charge on any atom is 0.273 e. The summed E-state index contributed by atoms with van der Waals surface area (Å²) in [4.78, 5) is 27.3. The Labute approximate surface area is 225 Å². The lowest BCUT2D eigenvalue weighted by Crippen LogP contribution is -2.56. The number of rotatable bonds is 7. The molecule has 198 valence electrons. The lowest BCUT2D eigenvalue weighted by Gasteiger charge is -2.44. The number of hydrogen-bond donors (Lipinski definition) is 1. The first kappa shape index (κ1) is 24.9. The van der Waals surface area contributed by atoms with Crippen LogP contribution >= 0.6 is 11.6 Å². The molecule has 10 nitrogen and oxygen atoms in total. The molecule has 0 spiro atoms. The number of halogens is 1. The van der Waals surface area contributed by atoms with Gasteiger partial charge in [0.25, 0.3) is 5.91 Å². The molecule has 38 heavy (non-hydrogen) atoms. The number of aromatic nitrogens is 5. The smallest absolute Gasteiger partial charge is 0.273 e. The summed E-state index contributed by atoms with van der Waals surface area (Å²) >= 11 is 6.15. The lowest BCUT2D eigenvalue weighted by molar-refractivity contribution is -0.118. The molecular formula is C27H30ClN7O3. The Kier molecular flexibility index (Phi) is 6.19. The van der Waals surface area contributed by atoms with E-state index in [9.17, 15) is 9.59 Å². The zero-order chi connectivity index (χ0) is 26.7. The Bertz CT molecular complexity index is 1430. The van der Waals surface area contributed by atoms with E-state index in [1.54, 1.807) is 22.9 Å². The van der Waals surface area contributed by atoms with Gasteiger partial charge in [0.1, 0.15) is 0 Å². The fourth-order valence-electron chi connectivity index (χ4n) is 5.83. The minimum Gasteiger partial charge on any atom is -0.379 e. The number of nitrogens with one attached hydrogen (secondary N) is 1. The van der Waals surface area contributed by atoms with Gasteiger partial charge in [-0.25, -0.2) is 4.68 Å². The molecule has 3 fully saturated rings. The number of ether oxygens (including phenoxy) is 1. The summed E-state index contributed by atoms with van der Waals surface area (Å²) in [5.74, 6) is 1.27. The number of carbonyl (C=O) groups is 2. The second-order valence-corrected chi connectivity index (χ2v) is 11.1. The monoisotopic (exact) mass is 535 g/mol. The third-order valence-corrected chi connectivity index (χ3v) is 8.65. The molecule has 0 radical (unpaired) electrons. The molecule has 3 aromatic rings. The summed E-state index contributed by atoms with van der Waals surface area (Å²) in [5, 5.41) is 20.9. The zero-order valence-electron chi connectivity index (χ0n) is 21.8. The highest BCUT2D eigenvalue weighted by molar-refractivity contribution is 6.30. The molecule has 2 aliphatic carbocycles. The molecule has 1 aromatic carbocycles. The van der Waals surface area contributed by atoms with Gasteiger partial charge in [0, 0.05) is 30.5 Å². The molecule has 3 heterocycles. The third kappa shape index (κ3) is 4.16. The van der Waals surface area contributed by atoms with Crippen LogP contribution in [-0.4, -0.2) is 62.8 Å². The SMILES string of the molecule is COC1C(NC(=O)c2cn(C(C)c3nnc(N4C[C@H]5C[C@H]5C4=O)c(C)c3C)nn2)CC1c1cccc(Cl)c1. The van der Waals surface area contributed by atoms with E-state index in [1.807, 2.05) is 45.0 Å². The number of methoxy groups -OCH3 is 1. The number of nitrogens with zero attached hydrogens (tertiary/aromatic N) is 6. The average Bonchev–Trinajstić information content (AvgIpc) is 3.34. The first-order valence-corrected chi connectivity index (χ1v) is 13.3. The van der Waals surface area contributed by atoms with Crippen molar-refractivity contribution < 1.29 is 14.3 Å². The van der Waals surface area contributed by atoms with E-state index in [1.165, 1.54) is 0 Å². The Morgan fingerprint density at radius 2 is 1.97 bits per heavy atom. The van der Waals surface area contributed by atoms with Crippen LogP contribution in [0.3, 0.4) is 0 Å². The van der Waals surface area contributed by atoms with Crippen LogP contribution in [0, 0.1) is 25.7 Å². The molecular weight excluding hydrogens is 506 g/mol. The van der Waals surface area contributed by atoms with Gasteiger partial charge in [-0.15, -0.1) is 10.2 Å². The number of amides is 2. The highest BCUT2D eigenvalue weighted by Gasteiger charge is 2.53. The molecule has 11 heteroatoms. The van der Waals surface area contributed by atoms with Crippen LogP contribution < -0.4 is 10.2 Å². The van der Waals surface area contributed by atoms with Gasteiger partial charge in [-0.1, -0.05) is 28.9 Å². The fraction of sp³-hybridized carbons (Fsp3) is 0.481. The number of anilines is 1. The number of carbonyl (C=O) groups excluding carboxylic acids is 2. The van der Waals surface area contributed by atoms with Crippen LogP contribution in [0.15, 0.2) is 30.5 Å². The minimum absolute atomic E-state index is 0.137. The van der Waals surface area contributed by atoms with E-state index in [0.717, 1.165) is 41.8 Å². The Morgan fingerprint density at radius 1 is 1.16 bits per heavy atom. The maximum absolute atomic E-state index is 13.0. The van der Waals surface area contributed by atoms with Gasteiger partial charge in [0.15, 0.2) is 11.5 Å². The van der Waals surface area contributed by atoms with Gasteiger partial charge in [-0.3, -0.25) is 14.5 Å². The Balaban J connectivity index is 1.13. The molecule has 1 saturated heterocycles. The van der Waals surface area contributed by atoms with Crippen molar-refractivity contribution in [3.05, 3.63) is 63.6 Å². The van der Waals surface area contributed by atoms with Crippen molar-refractivity contribution in [2.24, 2.45) is 11.8 Å². The molecule has 1 N–H and O–H groups in total. The van der Waals surface area contributed by atoms with Gasteiger partial charge in [0.05, 0.1) is 30.1 Å². The topological polar surface area (TPSA) is 115 Å². The summed E-state index contributed by atoms with van der Waals surface area (Å²) in [7, 11) is 1.65. The molecule has 2 amide bonds. The van der Waals surface area contributed by atoms with Crippen molar-refractivity contribution in [3.63, 3.8) is 0 Å². The van der Waals surface area contributed by atoms with Crippen molar-refractivity contribution >= 4 is 29.2 Å². The van der Waals surface area contributed by atoms with Gasteiger partial charge in [-0.2, -0.15) is 5.10 Å². The molecule has 3 aliphatic rings. The van der Waals surface area contributed by atoms with Crippen molar-refractivity contribution in [1.29, 1.82) is 0 Å². The highest BCUT2D eigenvalue weighted by Crippen LogP contribution is 2.47. The molecule has 6 rings (SSSR count). The first-order valence-electron chi connectivity index (χ1n) is 12.9. The van der Waals surface area contributed by atoms with E-state index >= 15 is 0 Å². The fourth-order valence-corrected chi connectivity index (χ4v) is 6.03. The summed E-state index contributed by atoms with van der Waals surface area (Å²) in [5.41, 5.74) is 3.92. The highest BCUT2D eigenvalue weighted by atomic mass is 35.5. The second-order valence-electron chi connectivity index (χ2n) is 10.6. The summed E-state index contributed by atoms with van der Waals surface area (Å²) in [6.07, 6.45) is 3.21. The third-order valence-electron chi connectivity index (χ3n) is 8.42. The molecule has 6 atom stereocenters. The number of benzene rings is 1. The van der Waals surface area contributed by atoms with Crippen LogP contribution in [0.2, 0.25) is 5.02 Å². The van der Waals surface area contributed by atoms with Crippen molar-refractivity contribution in [1.82, 2.24) is 30.5 Å². The summed E-state index contributed by atoms with van der Waals surface area (Å²) < 4.78 is 7.31. The van der Waals surface area contributed by atoms with Gasteiger partial charge < -0.3 is 10.1 Å².